The van der Waals surface area contributed by atoms with Crippen molar-refractivity contribution in [3.63, 3.8) is 0 Å². The summed E-state index contributed by atoms with van der Waals surface area (Å²) in [5, 5.41) is 19.8. The van der Waals surface area contributed by atoms with Crippen molar-refractivity contribution < 1.29 is 17.8 Å². The van der Waals surface area contributed by atoms with Crippen molar-refractivity contribution in [1.29, 1.82) is 0 Å². The van der Waals surface area contributed by atoms with Crippen LogP contribution in [-0.2, 0) is 10.1 Å². The number of para-hydroxylation sites is 1. The predicted octanol–water partition coefficient (Wildman–Crippen LogP) is 2.80. The van der Waals surface area contributed by atoms with Crippen LogP contribution in [0.4, 0.5) is 5.69 Å². The minimum atomic E-state index is -4.25. The highest BCUT2D eigenvalue weighted by Gasteiger charge is 2.21. The first-order valence-electron chi connectivity index (χ1n) is 5.35. The minimum absolute atomic E-state index is 0.0413. The lowest BCUT2D eigenvalue weighted by molar-refractivity contribution is 0.294. The van der Waals surface area contributed by atoms with Gasteiger partial charge in [0.1, 0.15) is 10.6 Å². The fraction of sp³-hybridized carbons (Fsp3) is 0. The molecule has 0 aliphatic rings. The van der Waals surface area contributed by atoms with Crippen LogP contribution < -0.4 is 9.41 Å². The van der Waals surface area contributed by atoms with E-state index < -0.39 is 25.9 Å². The van der Waals surface area contributed by atoms with Gasteiger partial charge in [-0.1, -0.05) is 23.7 Å². The Balaban J connectivity index is 2.38. The third kappa shape index (κ3) is 3.20. The lowest BCUT2D eigenvalue weighted by Crippen LogP contribution is -2.16. The monoisotopic (exact) mass is 314 g/mol. The molecule has 0 spiro atoms. The molecule has 0 radical (unpaired) electrons. The summed E-state index contributed by atoms with van der Waals surface area (Å²) in [7, 11) is -4.25. The number of hydrogen-bond donors (Lipinski definition) is 1. The first kappa shape index (κ1) is 14.6. The number of nitrogens with zero attached hydrogens (tertiary/aromatic N) is 1. The van der Waals surface area contributed by atoms with E-state index in [0.717, 1.165) is 12.1 Å². The van der Waals surface area contributed by atoms with Gasteiger partial charge in [0.2, 0.25) is 0 Å². The number of rotatable bonds is 4. The largest absolute Gasteiger partial charge is 0.733 e. The van der Waals surface area contributed by atoms with Gasteiger partial charge in [-0.25, -0.2) is 0 Å². The van der Waals surface area contributed by atoms with Crippen molar-refractivity contribution in [3.8, 4) is 5.75 Å². The number of benzene rings is 2. The zero-order chi connectivity index (χ0) is 14.8. The maximum Gasteiger partial charge on any atom is 0.341 e. The second-order valence-corrected chi connectivity index (χ2v) is 5.68. The van der Waals surface area contributed by atoms with Crippen LogP contribution in [0.5, 0.6) is 5.75 Å². The van der Waals surface area contributed by atoms with Gasteiger partial charge in [-0.15, -0.1) is 0 Å². The average Bonchev–Trinajstić information content (AvgIpc) is 2.41. The fourth-order valence-electron chi connectivity index (χ4n) is 1.49. The molecule has 6 nitrogen and oxygen atoms in total. The first-order valence-corrected chi connectivity index (χ1v) is 7.14. The summed E-state index contributed by atoms with van der Waals surface area (Å²) in [5.74, 6) is 0.0413. The van der Waals surface area contributed by atoms with Gasteiger partial charge in [-0.3, -0.25) is 5.21 Å². The van der Waals surface area contributed by atoms with Crippen LogP contribution >= 0.6 is 11.6 Å². The van der Waals surface area contributed by atoms with Gasteiger partial charge < -0.3 is 14.6 Å². The first-order chi connectivity index (χ1) is 9.40. The number of halogens is 1. The summed E-state index contributed by atoms with van der Waals surface area (Å²) in [4.78, 5) is -0.438. The van der Waals surface area contributed by atoms with E-state index in [9.17, 15) is 13.6 Å². The van der Waals surface area contributed by atoms with Crippen molar-refractivity contribution in [3.05, 3.63) is 58.8 Å². The molecule has 0 amide bonds. The zero-order valence-electron chi connectivity index (χ0n) is 9.93. The smallest absolute Gasteiger partial charge is 0.341 e. The molecule has 0 bridgehead atoms. The van der Waals surface area contributed by atoms with E-state index in [-0.39, 0.29) is 5.75 Å². The molecule has 2 rings (SSSR count). The lowest BCUT2D eigenvalue weighted by Gasteiger charge is -2.23. The molecule has 0 aliphatic heterocycles. The second kappa shape index (κ2) is 5.68. The van der Waals surface area contributed by atoms with Crippen molar-refractivity contribution in [2.24, 2.45) is 0 Å². The molecule has 2 aromatic carbocycles. The van der Waals surface area contributed by atoms with Crippen LogP contribution in [0.3, 0.4) is 0 Å². The van der Waals surface area contributed by atoms with Crippen molar-refractivity contribution >= 4 is 27.4 Å². The molecule has 1 N–H and O–H groups in total. The van der Waals surface area contributed by atoms with E-state index in [2.05, 4.69) is 0 Å². The van der Waals surface area contributed by atoms with E-state index in [1.54, 1.807) is 0 Å². The Kier molecular flexibility index (Phi) is 4.15. The third-order valence-corrected chi connectivity index (χ3v) is 3.91. The van der Waals surface area contributed by atoms with E-state index in [4.69, 9.17) is 21.0 Å². The maximum absolute atomic E-state index is 12.1. The normalized spacial score (nSPS) is 11.2. The SMILES string of the molecule is O=S(=O)(Oc1ccc(Cl)cc1)c1ccccc1N([O-])O. The molecular formula is C12H9ClNO5S-. The number of anilines is 1. The van der Waals surface area contributed by atoms with Crippen LogP contribution in [0.2, 0.25) is 5.02 Å². The van der Waals surface area contributed by atoms with E-state index in [1.165, 1.54) is 36.4 Å². The molecule has 106 valence electrons. The zero-order valence-corrected chi connectivity index (χ0v) is 11.5. The van der Waals surface area contributed by atoms with Crippen LogP contribution in [0, 0.1) is 5.21 Å². The summed E-state index contributed by atoms with van der Waals surface area (Å²) in [6.45, 7) is 0. The molecule has 2 aromatic rings. The summed E-state index contributed by atoms with van der Waals surface area (Å²) in [6, 6.07) is 10.8. The molecule has 0 aromatic heterocycles. The Morgan fingerprint density at radius 3 is 2.30 bits per heavy atom. The molecule has 0 fully saturated rings. The van der Waals surface area contributed by atoms with E-state index in [0.29, 0.717) is 5.02 Å². The standard InChI is InChI=1S/C12H9ClNO5S/c13-9-5-7-10(8-6-9)19-20(17,18)12-4-2-1-3-11(12)14(15)16/h1-8,15H/q-1. The van der Waals surface area contributed by atoms with E-state index >= 15 is 0 Å². The fourth-order valence-corrected chi connectivity index (χ4v) is 2.72. The molecule has 8 heteroatoms. The van der Waals surface area contributed by atoms with Gasteiger partial charge in [0, 0.05) is 5.02 Å². The van der Waals surface area contributed by atoms with Gasteiger partial charge in [-0.05, 0) is 36.4 Å². The predicted molar refractivity (Wildman–Crippen MR) is 73.3 cm³/mol. The van der Waals surface area contributed by atoms with Gasteiger partial charge >= 0.3 is 10.1 Å². The van der Waals surface area contributed by atoms with Crippen LogP contribution in [0.1, 0.15) is 0 Å². The lowest BCUT2D eigenvalue weighted by atomic mass is 10.3. The Bertz CT molecular complexity index is 700. The van der Waals surface area contributed by atoms with Gasteiger partial charge in [0.05, 0.1) is 5.69 Å². The maximum atomic E-state index is 12.1. The highest BCUT2D eigenvalue weighted by Crippen LogP contribution is 2.27. The molecule has 20 heavy (non-hydrogen) atoms. The van der Waals surface area contributed by atoms with E-state index in [1.807, 2.05) is 0 Å². The summed E-state index contributed by atoms with van der Waals surface area (Å²) in [6.07, 6.45) is 0. The minimum Gasteiger partial charge on any atom is -0.733 e. The number of hydrogen-bond acceptors (Lipinski definition) is 6. The van der Waals surface area contributed by atoms with Crippen LogP contribution in [-0.4, -0.2) is 13.6 Å². The van der Waals surface area contributed by atoms with Gasteiger partial charge in [0.25, 0.3) is 0 Å². The summed E-state index contributed by atoms with van der Waals surface area (Å²) in [5.41, 5.74) is -0.429. The third-order valence-electron chi connectivity index (χ3n) is 2.36. The molecule has 0 atom stereocenters. The molecule has 0 heterocycles. The van der Waals surface area contributed by atoms with Crippen LogP contribution in [0.25, 0.3) is 0 Å². The highest BCUT2D eigenvalue weighted by atomic mass is 35.5. The highest BCUT2D eigenvalue weighted by molar-refractivity contribution is 7.87. The quantitative estimate of drug-likeness (QED) is 0.689. The molecule has 0 saturated heterocycles. The average molecular weight is 315 g/mol. The molecule has 0 aliphatic carbocycles. The Morgan fingerprint density at radius 2 is 1.70 bits per heavy atom. The van der Waals surface area contributed by atoms with Gasteiger partial charge in [-0.2, -0.15) is 8.42 Å². The Morgan fingerprint density at radius 1 is 1.10 bits per heavy atom. The van der Waals surface area contributed by atoms with Crippen molar-refractivity contribution in [2.75, 3.05) is 5.23 Å². The molecule has 0 unspecified atom stereocenters. The van der Waals surface area contributed by atoms with Crippen molar-refractivity contribution in [2.45, 2.75) is 4.90 Å². The summed E-state index contributed by atoms with van der Waals surface area (Å²) >= 11 is 5.68. The molecule has 0 saturated carbocycles. The second-order valence-electron chi connectivity index (χ2n) is 3.73. The van der Waals surface area contributed by atoms with Crippen molar-refractivity contribution in [1.82, 2.24) is 0 Å². The Hall–Kier alpha value is -1.80. The summed E-state index contributed by atoms with van der Waals surface area (Å²) < 4.78 is 29.0. The molecular weight excluding hydrogens is 306 g/mol. The Labute approximate surface area is 120 Å². The topological polar surface area (TPSA) is 89.9 Å². The van der Waals surface area contributed by atoms with Gasteiger partial charge in [0.15, 0.2) is 0 Å². The van der Waals surface area contributed by atoms with Crippen LogP contribution in [0.15, 0.2) is 53.4 Å².